The molecule has 1 aromatic rings. The highest BCUT2D eigenvalue weighted by Crippen LogP contribution is 2.36. The lowest BCUT2D eigenvalue weighted by Crippen LogP contribution is -2.28. The van der Waals surface area contributed by atoms with Crippen LogP contribution in [0.15, 0.2) is 15.6 Å². The van der Waals surface area contributed by atoms with Crippen LogP contribution in [0.3, 0.4) is 0 Å². The fraction of sp³-hybridized carbons (Fsp3) is 0.571. The van der Waals surface area contributed by atoms with Crippen LogP contribution in [0.5, 0.6) is 0 Å². The maximum absolute atomic E-state index is 12.0. The quantitative estimate of drug-likeness (QED) is 0.724. The molecule has 2 N–H and O–H groups in total. The zero-order valence-electron chi connectivity index (χ0n) is 11.6. The van der Waals surface area contributed by atoms with E-state index in [4.69, 9.17) is 6.42 Å². The van der Waals surface area contributed by atoms with Gasteiger partial charge in [0.1, 0.15) is 5.69 Å². The molecule has 21 heavy (non-hydrogen) atoms. The standard InChI is InChI=1S/C14H17N5OS/c1-2-3-6-14(18-19-14)7-8-15-12(20)11-9-21-13(17-11)16-10-4-5-10/h1,9-10H,3-8H2,(H,15,20)(H,16,17). The third-order valence-corrected chi connectivity index (χ3v) is 4.28. The summed E-state index contributed by atoms with van der Waals surface area (Å²) in [5, 5.41) is 16.8. The van der Waals surface area contributed by atoms with Gasteiger partial charge in [-0.15, -0.1) is 23.7 Å². The van der Waals surface area contributed by atoms with Gasteiger partial charge >= 0.3 is 0 Å². The van der Waals surface area contributed by atoms with Crippen LogP contribution >= 0.6 is 11.3 Å². The van der Waals surface area contributed by atoms with Gasteiger partial charge in [-0.3, -0.25) is 4.79 Å². The summed E-state index contributed by atoms with van der Waals surface area (Å²) in [5.41, 5.74) is 0.117. The average molecular weight is 303 g/mol. The molecular formula is C14H17N5OS. The Morgan fingerprint density at radius 3 is 2.95 bits per heavy atom. The van der Waals surface area contributed by atoms with E-state index in [2.05, 4.69) is 31.8 Å². The maximum Gasteiger partial charge on any atom is 0.270 e. The van der Waals surface area contributed by atoms with Crippen molar-refractivity contribution in [3.05, 3.63) is 11.1 Å². The molecule has 0 saturated heterocycles. The molecule has 7 heteroatoms. The molecule has 1 aliphatic carbocycles. The molecule has 1 aromatic heterocycles. The van der Waals surface area contributed by atoms with E-state index in [9.17, 15) is 4.79 Å². The van der Waals surface area contributed by atoms with Crippen LogP contribution in [0.2, 0.25) is 0 Å². The summed E-state index contributed by atoms with van der Waals surface area (Å²) in [5.74, 6) is 2.44. The number of carbonyl (C=O) groups excluding carboxylic acids is 1. The van der Waals surface area contributed by atoms with Crippen LogP contribution in [0, 0.1) is 12.3 Å². The molecule has 0 atom stereocenters. The highest BCUT2D eigenvalue weighted by molar-refractivity contribution is 7.13. The largest absolute Gasteiger partial charge is 0.359 e. The SMILES string of the molecule is C#CCCC1(CCNC(=O)c2csc(NC3CC3)n2)N=N1. The Morgan fingerprint density at radius 2 is 2.29 bits per heavy atom. The minimum absolute atomic E-state index is 0.150. The lowest BCUT2D eigenvalue weighted by atomic mass is 10.0. The number of carbonyl (C=O) groups is 1. The summed E-state index contributed by atoms with van der Waals surface area (Å²) < 4.78 is 0. The first-order chi connectivity index (χ1) is 10.2. The monoisotopic (exact) mass is 303 g/mol. The van der Waals surface area contributed by atoms with Crippen molar-refractivity contribution in [2.75, 3.05) is 11.9 Å². The molecule has 0 spiro atoms. The molecule has 3 rings (SSSR count). The first-order valence-electron chi connectivity index (χ1n) is 7.09. The Labute approximate surface area is 127 Å². The lowest BCUT2D eigenvalue weighted by Gasteiger charge is -2.09. The van der Waals surface area contributed by atoms with E-state index in [0.29, 0.717) is 31.1 Å². The molecule has 2 heterocycles. The number of hydrogen-bond acceptors (Lipinski definition) is 6. The molecule has 110 valence electrons. The number of rotatable bonds is 8. The first kappa shape index (κ1) is 14.0. The van der Waals surface area contributed by atoms with Crippen molar-refractivity contribution < 1.29 is 4.79 Å². The highest BCUT2D eigenvalue weighted by Gasteiger charge is 2.38. The number of hydrogen-bond donors (Lipinski definition) is 2. The summed E-state index contributed by atoms with van der Waals surface area (Å²) in [7, 11) is 0. The Bertz CT molecular complexity index is 593. The van der Waals surface area contributed by atoms with Crippen molar-refractivity contribution >= 4 is 22.4 Å². The molecule has 6 nitrogen and oxygen atoms in total. The fourth-order valence-corrected chi connectivity index (χ4v) is 2.75. The number of nitrogens with one attached hydrogen (secondary N) is 2. The molecule has 0 aromatic carbocycles. The Balaban J connectivity index is 1.41. The minimum Gasteiger partial charge on any atom is -0.359 e. The second-order valence-corrected chi connectivity index (χ2v) is 6.21. The van der Waals surface area contributed by atoms with Gasteiger partial charge < -0.3 is 10.6 Å². The zero-order chi connectivity index (χ0) is 14.7. The molecule has 1 saturated carbocycles. The number of amides is 1. The zero-order valence-corrected chi connectivity index (χ0v) is 12.4. The molecule has 0 unspecified atom stereocenters. The summed E-state index contributed by atoms with van der Waals surface area (Å²) in [6.45, 7) is 0.527. The Morgan fingerprint density at radius 1 is 1.48 bits per heavy atom. The van der Waals surface area contributed by atoms with Crippen LogP contribution in [0.4, 0.5) is 5.13 Å². The minimum atomic E-state index is -0.347. The number of nitrogens with zero attached hydrogens (tertiary/aromatic N) is 3. The van der Waals surface area contributed by atoms with Crippen LogP contribution in [0.25, 0.3) is 0 Å². The van der Waals surface area contributed by atoms with Crippen LogP contribution in [-0.4, -0.2) is 29.1 Å². The topological polar surface area (TPSA) is 78.7 Å². The third-order valence-electron chi connectivity index (χ3n) is 3.51. The molecule has 1 fully saturated rings. The fourth-order valence-electron chi connectivity index (χ4n) is 1.98. The van der Waals surface area contributed by atoms with E-state index in [-0.39, 0.29) is 11.6 Å². The second kappa shape index (κ2) is 5.82. The molecule has 1 aliphatic heterocycles. The van der Waals surface area contributed by atoms with Gasteiger partial charge in [0.25, 0.3) is 5.91 Å². The van der Waals surface area contributed by atoms with Gasteiger partial charge in [-0.1, -0.05) is 0 Å². The summed E-state index contributed by atoms with van der Waals surface area (Å²) in [6, 6.07) is 0.543. The molecule has 2 aliphatic rings. The summed E-state index contributed by atoms with van der Waals surface area (Å²) >= 11 is 1.47. The lowest BCUT2D eigenvalue weighted by molar-refractivity contribution is 0.0947. The van der Waals surface area contributed by atoms with Crippen LogP contribution in [0.1, 0.15) is 42.6 Å². The van der Waals surface area contributed by atoms with Gasteiger partial charge in [0.05, 0.1) is 0 Å². The first-order valence-corrected chi connectivity index (χ1v) is 7.96. The highest BCUT2D eigenvalue weighted by atomic mass is 32.1. The Hall–Kier alpha value is -1.94. The van der Waals surface area contributed by atoms with Crippen LogP contribution in [-0.2, 0) is 0 Å². The van der Waals surface area contributed by atoms with E-state index < -0.39 is 0 Å². The third kappa shape index (κ3) is 3.79. The summed E-state index contributed by atoms with van der Waals surface area (Å²) in [6.07, 6.45) is 9.72. The van der Waals surface area contributed by atoms with E-state index in [1.165, 1.54) is 24.2 Å². The molecule has 1 amide bonds. The number of aromatic nitrogens is 1. The smallest absolute Gasteiger partial charge is 0.270 e. The van der Waals surface area contributed by atoms with Gasteiger partial charge in [0.15, 0.2) is 10.8 Å². The van der Waals surface area contributed by atoms with Gasteiger partial charge in [0, 0.05) is 37.2 Å². The second-order valence-electron chi connectivity index (χ2n) is 5.35. The predicted molar refractivity (Wildman–Crippen MR) is 81.4 cm³/mol. The van der Waals surface area contributed by atoms with Gasteiger partial charge in [-0.05, 0) is 12.8 Å². The number of terminal acetylenes is 1. The average Bonchev–Trinajstić information content (AvgIpc) is 3.38. The Kier molecular flexibility index (Phi) is 3.88. The van der Waals surface area contributed by atoms with Crippen molar-refractivity contribution in [2.24, 2.45) is 10.2 Å². The van der Waals surface area contributed by atoms with Crippen LogP contribution < -0.4 is 10.6 Å². The van der Waals surface area contributed by atoms with E-state index in [1.807, 2.05) is 0 Å². The van der Waals surface area contributed by atoms with Crippen molar-refractivity contribution in [1.29, 1.82) is 0 Å². The van der Waals surface area contributed by atoms with Crippen molar-refractivity contribution in [1.82, 2.24) is 10.3 Å². The van der Waals surface area contributed by atoms with Gasteiger partial charge in [0.2, 0.25) is 0 Å². The van der Waals surface area contributed by atoms with Crippen molar-refractivity contribution in [2.45, 2.75) is 43.8 Å². The molecule has 0 bridgehead atoms. The number of thiazole rings is 1. The molecular weight excluding hydrogens is 286 g/mol. The molecule has 0 radical (unpaired) electrons. The van der Waals surface area contributed by atoms with E-state index in [1.54, 1.807) is 5.38 Å². The maximum atomic E-state index is 12.0. The predicted octanol–water partition coefficient (Wildman–Crippen LogP) is 2.41. The van der Waals surface area contributed by atoms with E-state index in [0.717, 1.165) is 11.6 Å². The normalized spacial score (nSPS) is 18.0. The van der Waals surface area contributed by atoms with E-state index >= 15 is 0 Å². The van der Waals surface area contributed by atoms with Gasteiger partial charge in [-0.25, -0.2) is 4.98 Å². The number of anilines is 1. The van der Waals surface area contributed by atoms with Crippen molar-refractivity contribution in [3.63, 3.8) is 0 Å². The van der Waals surface area contributed by atoms with Gasteiger partial charge in [-0.2, -0.15) is 10.2 Å². The summed E-state index contributed by atoms with van der Waals surface area (Å²) in [4.78, 5) is 16.3. The van der Waals surface area contributed by atoms with Crippen molar-refractivity contribution in [3.8, 4) is 12.3 Å².